The van der Waals surface area contributed by atoms with Gasteiger partial charge in [0.05, 0.1) is 17.7 Å². The van der Waals surface area contributed by atoms with Crippen LogP contribution < -0.4 is 4.74 Å². The molecule has 4 nitrogen and oxygen atoms in total. The zero-order chi connectivity index (χ0) is 22.7. The highest BCUT2D eigenvalue weighted by Gasteiger charge is 2.37. The number of hydrogen-bond acceptors (Lipinski definition) is 3. The Balaban J connectivity index is 1.84. The monoisotopic (exact) mass is 436 g/mol. The van der Waals surface area contributed by atoms with Crippen LogP contribution in [0.4, 0.5) is 13.2 Å². The maximum atomic E-state index is 14.1. The molecule has 1 aliphatic rings. The standard InChI is InChI=1S/C25H19F3N2O2/c26-19-7-5-17(6-8-19)24(30-11-1-2-23(30)31)25(18-12-20(27)14-21(28)13-18)32-22-9-3-16(15-29)4-10-22/h3-10,12-14,24-25H,1-2,11H2/t24-,25?/m0/s1. The van der Waals surface area contributed by atoms with Crippen molar-refractivity contribution in [3.8, 4) is 11.8 Å². The molecule has 0 saturated carbocycles. The predicted molar refractivity (Wildman–Crippen MR) is 111 cm³/mol. The Morgan fingerprint density at radius 3 is 2.09 bits per heavy atom. The lowest BCUT2D eigenvalue weighted by atomic mass is 9.93. The maximum Gasteiger partial charge on any atom is 0.223 e. The van der Waals surface area contributed by atoms with E-state index in [0.717, 1.165) is 18.2 Å². The Bertz CT molecular complexity index is 1140. The quantitative estimate of drug-likeness (QED) is 0.516. The van der Waals surface area contributed by atoms with Crippen molar-refractivity contribution in [3.63, 3.8) is 0 Å². The van der Waals surface area contributed by atoms with Crippen molar-refractivity contribution < 1.29 is 22.7 Å². The van der Waals surface area contributed by atoms with Crippen LogP contribution in [0.15, 0.2) is 66.7 Å². The fraction of sp³-hybridized carbons (Fsp3) is 0.200. The number of rotatable bonds is 6. The van der Waals surface area contributed by atoms with Gasteiger partial charge in [-0.1, -0.05) is 12.1 Å². The number of ether oxygens (including phenoxy) is 1. The van der Waals surface area contributed by atoms with Gasteiger partial charge in [0.25, 0.3) is 0 Å². The van der Waals surface area contributed by atoms with Crippen LogP contribution in [-0.4, -0.2) is 17.4 Å². The van der Waals surface area contributed by atoms with E-state index in [1.54, 1.807) is 29.2 Å². The molecule has 0 aromatic heterocycles. The largest absolute Gasteiger partial charge is 0.483 e. The molecule has 0 N–H and O–H groups in total. The van der Waals surface area contributed by atoms with Gasteiger partial charge in [0.15, 0.2) is 0 Å². The molecule has 3 aromatic rings. The van der Waals surface area contributed by atoms with Gasteiger partial charge in [0, 0.05) is 24.6 Å². The summed E-state index contributed by atoms with van der Waals surface area (Å²) < 4.78 is 48.1. The van der Waals surface area contributed by atoms with Crippen LogP contribution in [0.3, 0.4) is 0 Å². The lowest BCUT2D eigenvalue weighted by Gasteiger charge is -2.35. The van der Waals surface area contributed by atoms with Crippen molar-refractivity contribution in [2.75, 3.05) is 6.54 Å². The Morgan fingerprint density at radius 1 is 0.875 bits per heavy atom. The SMILES string of the molecule is N#Cc1ccc(OC(c2cc(F)cc(F)c2)[C@H](c2ccc(F)cc2)N2CCCC2=O)cc1. The van der Waals surface area contributed by atoms with E-state index in [4.69, 9.17) is 10.00 Å². The number of carbonyl (C=O) groups excluding carboxylic acids is 1. The summed E-state index contributed by atoms with van der Waals surface area (Å²) in [6.45, 7) is 0.436. The summed E-state index contributed by atoms with van der Waals surface area (Å²) in [4.78, 5) is 14.3. The lowest BCUT2D eigenvalue weighted by Crippen LogP contribution is -2.36. The van der Waals surface area contributed by atoms with Crippen molar-refractivity contribution in [1.82, 2.24) is 4.90 Å². The molecule has 32 heavy (non-hydrogen) atoms. The average Bonchev–Trinajstić information content (AvgIpc) is 3.20. The summed E-state index contributed by atoms with van der Waals surface area (Å²) >= 11 is 0. The maximum absolute atomic E-state index is 14.1. The zero-order valence-electron chi connectivity index (χ0n) is 17.0. The molecule has 0 bridgehead atoms. The molecular weight excluding hydrogens is 417 g/mol. The van der Waals surface area contributed by atoms with Crippen LogP contribution in [0.5, 0.6) is 5.75 Å². The summed E-state index contributed by atoms with van der Waals surface area (Å²) in [5.41, 5.74) is 1.20. The fourth-order valence-corrected chi connectivity index (χ4v) is 3.95. The first-order valence-corrected chi connectivity index (χ1v) is 10.1. The second kappa shape index (κ2) is 9.15. The van der Waals surface area contributed by atoms with Crippen molar-refractivity contribution in [1.29, 1.82) is 5.26 Å². The van der Waals surface area contributed by atoms with Crippen LogP contribution >= 0.6 is 0 Å². The number of halogens is 3. The lowest BCUT2D eigenvalue weighted by molar-refractivity contribution is -0.131. The zero-order valence-corrected chi connectivity index (χ0v) is 17.0. The van der Waals surface area contributed by atoms with Gasteiger partial charge in [-0.3, -0.25) is 4.79 Å². The van der Waals surface area contributed by atoms with Gasteiger partial charge in [-0.25, -0.2) is 13.2 Å². The first-order chi connectivity index (χ1) is 15.4. The van der Waals surface area contributed by atoms with Gasteiger partial charge in [-0.05, 0) is 60.5 Å². The number of nitrogens with zero attached hydrogens (tertiary/aromatic N) is 2. The van der Waals surface area contributed by atoms with Gasteiger partial charge < -0.3 is 9.64 Å². The first kappa shape index (κ1) is 21.4. The summed E-state index contributed by atoms with van der Waals surface area (Å²) in [6, 6.07) is 16.2. The highest BCUT2D eigenvalue weighted by Crippen LogP contribution is 2.40. The van der Waals surface area contributed by atoms with Gasteiger partial charge in [0.1, 0.15) is 29.3 Å². The summed E-state index contributed by atoms with van der Waals surface area (Å²) in [5.74, 6) is -1.76. The minimum atomic E-state index is -0.986. The van der Waals surface area contributed by atoms with Gasteiger partial charge >= 0.3 is 0 Å². The first-order valence-electron chi connectivity index (χ1n) is 10.1. The second-order valence-corrected chi connectivity index (χ2v) is 7.56. The van der Waals surface area contributed by atoms with E-state index in [0.29, 0.717) is 36.3 Å². The average molecular weight is 436 g/mol. The summed E-state index contributed by atoms with van der Waals surface area (Å²) in [6.07, 6.45) is -0.00295. The Hall–Kier alpha value is -3.79. The highest BCUT2D eigenvalue weighted by atomic mass is 19.1. The molecule has 3 aromatic carbocycles. The number of carbonyl (C=O) groups is 1. The molecule has 0 radical (unpaired) electrons. The topological polar surface area (TPSA) is 53.3 Å². The van der Waals surface area contributed by atoms with Crippen LogP contribution in [0.25, 0.3) is 0 Å². The normalized spacial score (nSPS) is 15.3. The number of nitriles is 1. The minimum Gasteiger partial charge on any atom is -0.483 e. The molecule has 4 rings (SSSR count). The van der Waals surface area contributed by atoms with E-state index in [-0.39, 0.29) is 11.5 Å². The molecule has 1 aliphatic heterocycles. The summed E-state index contributed by atoms with van der Waals surface area (Å²) in [5, 5.41) is 9.03. The van der Waals surface area contributed by atoms with E-state index >= 15 is 0 Å². The molecule has 0 spiro atoms. The smallest absolute Gasteiger partial charge is 0.223 e. The van der Waals surface area contributed by atoms with E-state index in [1.165, 1.54) is 24.3 Å². The molecule has 1 amide bonds. The molecule has 1 fully saturated rings. The van der Waals surface area contributed by atoms with Crippen LogP contribution in [0, 0.1) is 28.8 Å². The third-order valence-corrected chi connectivity index (χ3v) is 5.40. The van der Waals surface area contributed by atoms with Crippen LogP contribution in [-0.2, 0) is 4.79 Å². The number of amides is 1. The molecule has 2 atom stereocenters. The molecule has 0 aliphatic carbocycles. The highest BCUT2D eigenvalue weighted by molar-refractivity contribution is 5.78. The number of hydrogen-bond donors (Lipinski definition) is 0. The van der Waals surface area contributed by atoms with Crippen molar-refractivity contribution in [2.45, 2.75) is 25.0 Å². The second-order valence-electron chi connectivity index (χ2n) is 7.56. The third-order valence-electron chi connectivity index (χ3n) is 5.40. The van der Waals surface area contributed by atoms with Crippen molar-refractivity contribution in [2.24, 2.45) is 0 Å². The van der Waals surface area contributed by atoms with E-state index < -0.39 is 29.6 Å². The number of likely N-dealkylation sites (tertiary alicyclic amines) is 1. The van der Waals surface area contributed by atoms with Gasteiger partial charge in [0.2, 0.25) is 5.91 Å². The van der Waals surface area contributed by atoms with Crippen molar-refractivity contribution in [3.05, 3.63) is 101 Å². The molecular formula is C25H19F3N2O2. The number of benzene rings is 3. The third kappa shape index (κ3) is 4.59. The Morgan fingerprint density at radius 2 is 1.53 bits per heavy atom. The van der Waals surface area contributed by atoms with Crippen LogP contribution in [0.1, 0.15) is 41.7 Å². The fourth-order valence-electron chi connectivity index (χ4n) is 3.95. The van der Waals surface area contributed by atoms with Gasteiger partial charge in [-0.2, -0.15) is 5.26 Å². The molecule has 1 unspecified atom stereocenters. The summed E-state index contributed by atoms with van der Waals surface area (Å²) in [7, 11) is 0. The Labute approximate surface area is 183 Å². The van der Waals surface area contributed by atoms with Crippen molar-refractivity contribution >= 4 is 5.91 Å². The van der Waals surface area contributed by atoms with Crippen LogP contribution in [0.2, 0.25) is 0 Å². The van der Waals surface area contributed by atoms with E-state index in [2.05, 4.69) is 0 Å². The van der Waals surface area contributed by atoms with E-state index in [9.17, 15) is 18.0 Å². The Kier molecular flexibility index (Phi) is 6.13. The molecule has 162 valence electrons. The molecule has 1 saturated heterocycles. The van der Waals surface area contributed by atoms with E-state index in [1.807, 2.05) is 6.07 Å². The molecule has 1 heterocycles. The molecule has 7 heteroatoms. The minimum absolute atomic E-state index is 0.121. The predicted octanol–water partition coefficient (Wildman–Crippen LogP) is 5.46. The van der Waals surface area contributed by atoms with Gasteiger partial charge in [-0.15, -0.1) is 0 Å².